The van der Waals surface area contributed by atoms with Crippen LogP contribution >= 0.6 is 11.3 Å². The van der Waals surface area contributed by atoms with Gasteiger partial charge in [0.1, 0.15) is 0 Å². The molecule has 264 valence electrons. The fourth-order valence-corrected chi connectivity index (χ4v) is 11.8. The average Bonchev–Trinajstić information content (AvgIpc) is 3.91. The van der Waals surface area contributed by atoms with E-state index in [1.54, 1.807) is 0 Å². The molecule has 2 aliphatic rings. The van der Waals surface area contributed by atoms with Crippen LogP contribution in [-0.2, 0) is 5.41 Å². The van der Waals surface area contributed by atoms with E-state index >= 15 is 0 Å². The van der Waals surface area contributed by atoms with Gasteiger partial charge in [0.25, 0.3) is 0 Å². The highest BCUT2D eigenvalue weighted by molar-refractivity contribution is 7.26. The van der Waals surface area contributed by atoms with Crippen molar-refractivity contribution in [3.63, 3.8) is 0 Å². The van der Waals surface area contributed by atoms with E-state index in [0.717, 1.165) is 11.4 Å². The molecule has 0 unspecified atom stereocenters. The summed E-state index contributed by atoms with van der Waals surface area (Å²) in [6.07, 6.45) is 0. The fourth-order valence-electron chi connectivity index (χ4n) is 10.6. The molecule has 1 nitrogen and oxygen atoms in total. The van der Waals surface area contributed by atoms with Gasteiger partial charge in [0.05, 0.1) is 15.8 Å². The summed E-state index contributed by atoms with van der Waals surface area (Å²) in [6, 6.07) is 75.0. The second-order valence-corrected chi connectivity index (χ2v) is 16.6. The Morgan fingerprint density at radius 1 is 0.316 bits per heavy atom. The van der Waals surface area contributed by atoms with Crippen LogP contribution in [0.5, 0.6) is 0 Å². The van der Waals surface area contributed by atoms with Gasteiger partial charge in [-0.1, -0.05) is 164 Å². The zero-order valence-corrected chi connectivity index (χ0v) is 31.7. The van der Waals surface area contributed by atoms with Crippen molar-refractivity contribution in [2.24, 2.45) is 0 Å². The van der Waals surface area contributed by atoms with Gasteiger partial charge in [-0.25, -0.2) is 0 Å². The second-order valence-electron chi connectivity index (χ2n) is 15.5. The largest absolute Gasteiger partial charge is 0.309 e. The van der Waals surface area contributed by atoms with Gasteiger partial charge in [-0.3, -0.25) is 0 Å². The van der Waals surface area contributed by atoms with Crippen LogP contribution in [0.3, 0.4) is 0 Å². The van der Waals surface area contributed by atoms with Crippen LogP contribution in [0.25, 0.3) is 74.7 Å². The van der Waals surface area contributed by atoms with Crippen LogP contribution in [0, 0.1) is 0 Å². The quantitative estimate of drug-likeness (QED) is 0.163. The highest BCUT2D eigenvalue weighted by Gasteiger charge is 2.51. The molecule has 10 aromatic carbocycles. The van der Waals surface area contributed by atoms with Crippen molar-refractivity contribution in [1.82, 2.24) is 0 Å². The molecule has 13 rings (SSSR count). The van der Waals surface area contributed by atoms with Gasteiger partial charge < -0.3 is 4.90 Å². The van der Waals surface area contributed by atoms with Crippen LogP contribution in [-0.4, -0.2) is 0 Å². The molecule has 0 aliphatic heterocycles. The van der Waals surface area contributed by atoms with Crippen molar-refractivity contribution in [2.75, 3.05) is 4.90 Å². The molecule has 1 aromatic heterocycles. The number of nitrogens with zero attached hydrogens (tertiary/aromatic N) is 1. The number of fused-ring (bicyclic) bond motifs is 19. The van der Waals surface area contributed by atoms with Crippen molar-refractivity contribution >= 4 is 80.9 Å². The third-order valence-electron chi connectivity index (χ3n) is 12.8. The van der Waals surface area contributed by atoms with E-state index in [-0.39, 0.29) is 5.41 Å². The molecule has 2 heteroatoms. The summed E-state index contributed by atoms with van der Waals surface area (Å²) >= 11 is 1.89. The molecule has 0 saturated heterocycles. The predicted octanol–water partition coefficient (Wildman–Crippen LogP) is 15.3. The maximum Gasteiger partial charge on any atom is 0.0725 e. The summed E-state index contributed by atoms with van der Waals surface area (Å²) in [7, 11) is 0. The molecule has 0 amide bonds. The van der Waals surface area contributed by atoms with Gasteiger partial charge >= 0.3 is 0 Å². The molecule has 11 aromatic rings. The lowest BCUT2D eigenvalue weighted by atomic mass is 9.70. The monoisotopic (exact) mass is 739 g/mol. The first-order chi connectivity index (χ1) is 28.3. The van der Waals surface area contributed by atoms with Crippen molar-refractivity contribution in [2.45, 2.75) is 5.41 Å². The number of benzene rings is 10. The van der Waals surface area contributed by atoms with Crippen molar-refractivity contribution < 1.29 is 0 Å². The average molecular weight is 740 g/mol. The van der Waals surface area contributed by atoms with Gasteiger partial charge in [-0.05, 0) is 113 Å². The van der Waals surface area contributed by atoms with Gasteiger partial charge in [-0.15, -0.1) is 11.3 Å². The Morgan fingerprint density at radius 2 is 0.772 bits per heavy atom. The Kier molecular flexibility index (Phi) is 6.31. The van der Waals surface area contributed by atoms with E-state index in [2.05, 4.69) is 205 Å². The van der Waals surface area contributed by atoms with E-state index in [9.17, 15) is 0 Å². The summed E-state index contributed by atoms with van der Waals surface area (Å²) in [5.41, 5.74) is 13.8. The minimum absolute atomic E-state index is 0.378. The molecule has 57 heavy (non-hydrogen) atoms. The van der Waals surface area contributed by atoms with Gasteiger partial charge in [0.15, 0.2) is 0 Å². The third-order valence-corrected chi connectivity index (χ3v) is 14.1. The number of hydrogen-bond acceptors (Lipinski definition) is 2. The SMILES string of the molecule is c1ccc2c(c1)-c1ccccc1C21c2ccccc2-c2cc(N(c3ccc4c5ccccc5c5ccccc5c4c3)c3cccc4c3sc3ccccc34)ccc21. The van der Waals surface area contributed by atoms with Crippen molar-refractivity contribution in [3.8, 4) is 22.3 Å². The Bertz CT molecular complexity index is 3420. The number of hydrogen-bond donors (Lipinski definition) is 0. The van der Waals surface area contributed by atoms with Crippen molar-refractivity contribution in [1.29, 1.82) is 0 Å². The second kappa shape index (κ2) is 11.5. The molecule has 0 bridgehead atoms. The highest BCUT2D eigenvalue weighted by atomic mass is 32.1. The number of anilines is 3. The first kappa shape index (κ1) is 31.2. The van der Waals surface area contributed by atoms with Gasteiger partial charge in [-0.2, -0.15) is 0 Å². The van der Waals surface area contributed by atoms with Gasteiger partial charge in [0.2, 0.25) is 0 Å². The van der Waals surface area contributed by atoms with E-state index in [0.29, 0.717) is 0 Å². The molecule has 0 fully saturated rings. The highest BCUT2D eigenvalue weighted by Crippen LogP contribution is 2.63. The zero-order chi connectivity index (χ0) is 37.2. The molecule has 0 N–H and O–H groups in total. The molecular weight excluding hydrogens is 707 g/mol. The summed E-state index contributed by atoms with van der Waals surface area (Å²) in [5, 5.41) is 10.3. The number of thiophene rings is 1. The standard InChI is InChI=1S/C55H33NS/c1-2-16-38-36(14-1)37-15-3-4-17-39(37)46-32-34(28-30-40(38)46)56(52-26-13-22-45-44-21-8-12-27-53(44)57-54(45)52)35-29-31-51-47(33-35)43-20-7-11-25-50(43)55(51)48-23-9-5-18-41(48)42-19-6-10-24-49(42)55/h1-33H. The first-order valence-electron chi connectivity index (χ1n) is 19.8. The van der Waals surface area contributed by atoms with Gasteiger partial charge in [0, 0.05) is 26.8 Å². The Hall–Kier alpha value is -7.00. The topological polar surface area (TPSA) is 3.24 Å². The first-order valence-corrected chi connectivity index (χ1v) is 20.6. The Labute approximate surface area is 334 Å². The predicted molar refractivity (Wildman–Crippen MR) is 243 cm³/mol. The molecular formula is C55H33NS. The molecule has 1 heterocycles. The van der Waals surface area contributed by atoms with Crippen LogP contribution in [0.4, 0.5) is 17.1 Å². The minimum atomic E-state index is -0.378. The normalized spacial score (nSPS) is 13.4. The lowest BCUT2D eigenvalue weighted by Crippen LogP contribution is -2.25. The summed E-state index contributed by atoms with van der Waals surface area (Å²) in [4.78, 5) is 2.52. The summed E-state index contributed by atoms with van der Waals surface area (Å²) in [5.74, 6) is 0. The molecule has 0 saturated carbocycles. The van der Waals surface area contributed by atoms with E-state index < -0.39 is 0 Å². The van der Waals surface area contributed by atoms with Crippen molar-refractivity contribution in [3.05, 3.63) is 222 Å². The minimum Gasteiger partial charge on any atom is -0.309 e. The maximum absolute atomic E-state index is 2.52. The zero-order valence-electron chi connectivity index (χ0n) is 30.9. The third kappa shape index (κ3) is 4.07. The maximum atomic E-state index is 2.52. The molecule has 0 radical (unpaired) electrons. The number of rotatable bonds is 3. The lowest BCUT2D eigenvalue weighted by Gasteiger charge is -2.31. The smallest absolute Gasteiger partial charge is 0.0725 e. The Balaban J connectivity index is 1.11. The molecule has 2 aliphatic carbocycles. The summed E-state index contributed by atoms with van der Waals surface area (Å²) in [6.45, 7) is 0. The van der Waals surface area contributed by atoms with E-state index in [4.69, 9.17) is 0 Å². The van der Waals surface area contributed by atoms with Crippen LogP contribution in [0.1, 0.15) is 22.3 Å². The lowest BCUT2D eigenvalue weighted by molar-refractivity contribution is 0.794. The molecule has 0 atom stereocenters. The van der Waals surface area contributed by atoms with Crippen LogP contribution in [0.2, 0.25) is 0 Å². The van der Waals surface area contributed by atoms with Crippen LogP contribution in [0.15, 0.2) is 200 Å². The van der Waals surface area contributed by atoms with E-state index in [1.165, 1.54) is 103 Å². The summed E-state index contributed by atoms with van der Waals surface area (Å²) < 4.78 is 2.59. The molecule has 1 spiro atoms. The fraction of sp³-hybridized carbons (Fsp3) is 0.0182. The Morgan fingerprint density at radius 3 is 1.42 bits per heavy atom. The van der Waals surface area contributed by atoms with Crippen LogP contribution < -0.4 is 4.90 Å². The van der Waals surface area contributed by atoms with E-state index in [1.807, 2.05) is 11.3 Å².